The molecule has 0 unspecified atom stereocenters. The van der Waals surface area contributed by atoms with Crippen LogP contribution in [-0.2, 0) is 26.2 Å². The molecule has 0 radical (unpaired) electrons. The molecule has 0 amide bonds. The van der Waals surface area contributed by atoms with Gasteiger partial charge in [0.05, 0.1) is 18.8 Å². The van der Waals surface area contributed by atoms with Crippen LogP contribution in [0.25, 0.3) is 0 Å². The van der Waals surface area contributed by atoms with Crippen LogP contribution in [0.5, 0.6) is 0 Å². The van der Waals surface area contributed by atoms with Crippen LogP contribution in [-0.4, -0.2) is 31.3 Å². The second kappa shape index (κ2) is 7.94. The van der Waals surface area contributed by atoms with Gasteiger partial charge in [0, 0.05) is 37.2 Å². The third-order valence-electron chi connectivity index (χ3n) is 4.21. The van der Waals surface area contributed by atoms with Crippen molar-refractivity contribution in [2.45, 2.75) is 33.1 Å². The summed E-state index contributed by atoms with van der Waals surface area (Å²) in [5, 5.41) is 4.52. The monoisotopic (exact) mass is 335 g/mol. The summed E-state index contributed by atoms with van der Waals surface area (Å²) in [6.07, 6.45) is 7.88. The predicted octanol–water partition coefficient (Wildman–Crippen LogP) is 3.25. The molecule has 2 heterocycles. The normalized spacial score (nSPS) is 11.2. The lowest BCUT2D eigenvalue weighted by molar-refractivity contribution is 0.305. The molecular formula is C20H25N5. The van der Waals surface area contributed by atoms with Crippen LogP contribution >= 0.6 is 0 Å². The van der Waals surface area contributed by atoms with Crippen molar-refractivity contribution in [1.82, 2.24) is 24.2 Å². The minimum Gasteiger partial charge on any atom is -0.329 e. The van der Waals surface area contributed by atoms with Gasteiger partial charge in [0.2, 0.25) is 0 Å². The lowest BCUT2D eigenvalue weighted by atomic mass is 10.2. The SMILES string of the molecule is C=CCn1cc(CN(C)Cc2nccn2Cc2ccccc2)c(C)n1. The van der Waals surface area contributed by atoms with Crippen molar-refractivity contribution >= 4 is 0 Å². The molecule has 0 N–H and O–H groups in total. The van der Waals surface area contributed by atoms with Gasteiger partial charge < -0.3 is 4.57 Å². The third-order valence-corrected chi connectivity index (χ3v) is 4.21. The van der Waals surface area contributed by atoms with E-state index in [1.54, 1.807) is 0 Å². The Balaban J connectivity index is 1.64. The van der Waals surface area contributed by atoms with E-state index < -0.39 is 0 Å². The molecule has 5 nitrogen and oxygen atoms in total. The van der Waals surface area contributed by atoms with E-state index in [4.69, 9.17) is 0 Å². The first-order valence-corrected chi connectivity index (χ1v) is 8.52. The van der Waals surface area contributed by atoms with Crippen LogP contribution in [0.3, 0.4) is 0 Å². The molecule has 3 aromatic rings. The number of rotatable bonds is 8. The van der Waals surface area contributed by atoms with Crippen molar-refractivity contribution in [2.24, 2.45) is 0 Å². The zero-order chi connectivity index (χ0) is 17.6. The van der Waals surface area contributed by atoms with E-state index in [1.165, 1.54) is 11.1 Å². The van der Waals surface area contributed by atoms with Gasteiger partial charge in [-0.15, -0.1) is 6.58 Å². The highest BCUT2D eigenvalue weighted by Gasteiger charge is 2.11. The van der Waals surface area contributed by atoms with E-state index in [1.807, 2.05) is 29.2 Å². The second-order valence-corrected chi connectivity index (χ2v) is 6.38. The molecule has 0 spiro atoms. The zero-order valence-corrected chi connectivity index (χ0v) is 15.0. The Morgan fingerprint density at radius 1 is 1.20 bits per heavy atom. The third kappa shape index (κ3) is 4.45. The maximum atomic E-state index is 4.54. The fraction of sp³-hybridized carbons (Fsp3) is 0.300. The highest BCUT2D eigenvalue weighted by atomic mass is 15.3. The second-order valence-electron chi connectivity index (χ2n) is 6.38. The van der Waals surface area contributed by atoms with E-state index in [9.17, 15) is 0 Å². The molecule has 3 rings (SSSR count). The van der Waals surface area contributed by atoms with Crippen molar-refractivity contribution in [3.05, 3.63) is 84.2 Å². The van der Waals surface area contributed by atoms with E-state index in [0.29, 0.717) is 0 Å². The quantitative estimate of drug-likeness (QED) is 0.593. The summed E-state index contributed by atoms with van der Waals surface area (Å²) in [5.41, 5.74) is 3.60. The van der Waals surface area contributed by atoms with Crippen LogP contribution in [0.4, 0.5) is 0 Å². The molecule has 130 valence electrons. The molecule has 0 aliphatic rings. The van der Waals surface area contributed by atoms with Gasteiger partial charge in [0.15, 0.2) is 0 Å². The van der Waals surface area contributed by atoms with Gasteiger partial charge in [-0.2, -0.15) is 5.10 Å². The van der Waals surface area contributed by atoms with Crippen molar-refractivity contribution in [3.8, 4) is 0 Å². The van der Waals surface area contributed by atoms with Crippen LogP contribution in [0.1, 0.15) is 22.6 Å². The Labute approximate surface area is 149 Å². The lowest BCUT2D eigenvalue weighted by Gasteiger charge is -2.17. The van der Waals surface area contributed by atoms with Gasteiger partial charge in [0.1, 0.15) is 5.82 Å². The summed E-state index contributed by atoms with van der Waals surface area (Å²) < 4.78 is 4.14. The molecular weight excluding hydrogens is 310 g/mol. The summed E-state index contributed by atoms with van der Waals surface area (Å²) >= 11 is 0. The molecule has 0 bridgehead atoms. The first-order chi connectivity index (χ1) is 12.2. The number of hydrogen-bond acceptors (Lipinski definition) is 3. The fourth-order valence-electron chi connectivity index (χ4n) is 2.94. The van der Waals surface area contributed by atoms with Crippen molar-refractivity contribution in [2.75, 3.05) is 7.05 Å². The number of hydrogen-bond donors (Lipinski definition) is 0. The van der Waals surface area contributed by atoms with Gasteiger partial charge in [-0.3, -0.25) is 9.58 Å². The van der Waals surface area contributed by atoms with E-state index in [-0.39, 0.29) is 0 Å². The van der Waals surface area contributed by atoms with Crippen LogP contribution < -0.4 is 0 Å². The molecule has 2 aromatic heterocycles. The van der Waals surface area contributed by atoms with E-state index in [0.717, 1.165) is 37.7 Å². The summed E-state index contributed by atoms with van der Waals surface area (Å²) in [7, 11) is 2.12. The van der Waals surface area contributed by atoms with Gasteiger partial charge in [-0.1, -0.05) is 36.4 Å². The minimum absolute atomic E-state index is 0.742. The first kappa shape index (κ1) is 17.2. The molecule has 0 saturated carbocycles. The van der Waals surface area contributed by atoms with Crippen LogP contribution in [0.15, 0.2) is 61.6 Å². The fourth-order valence-corrected chi connectivity index (χ4v) is 2.94. The smallest absolute Gasteiger partial charge is 0.123 e. The average molecular weight is 335 g/mol. The number of nitrogens with zero attached hydrogens (tertiary/aromatic N) is 5. The molecule has 25 heavy (non-hydrogen) atoms. The zero-order valence-electron chi connectivity index (χ0n) is 15.0. The Morgan fingerprint density at radius 3 is 2.76 bits per heavy atom. The van der Waals surface area contributed by atoms with Crippen molar-refractivity contribution in [1.29, 1.82) is 0 Å². The standard InChI is InChI=1S/C20H25N5/c1-4-11-25-15-19(17(2)22-25)14-23(3)16-20-21-10-12-24(20)13-18-8-6-5-7-9-18/h4-10,12,15H,1,11,13-14,16H2,2-3H3. The maximum absolute atomic E-state index is 4.54. The van der Waals surface area contributed by atoms with Crippen LogP contribution in [0.2, 0.25) is 0 Å². The number of aryl methyl sites for hydroxylation is 1. The highest BCUT2D eigenvalue weighted by molar-refractivity contribution is 5.17. The topological polar surface area (TPSA) is 38.9 Å². The summed E-state index contributed by atoms with van der Waals surface area (Å²) in [4.78, 5) is 6.81. The number of imidazole rings is 1. The van der Waals surface area contributed by atoms with Gasteiger partial charge >= 0.3 is 0 Å². The summed E-state index contributed by atoms with van der Waals surface area (Å²) in [6.45, 7) is 9.06. The van der Waals surface area contributed by atoms with E-state index in [2.05, 4.69) is 70.6 Å². The largest absolute Gasteiger partial charge is 0.329 e. The molecule has 0 atom stereocenters. The molecule has 0 saturated heterocycles. The summed E-state index contributed by atoms with van der Waals surface area (Å²) in [6, 6.07) is 10.5. The average Bonchev–Trinajstić information content (AvgIpc) is 3.16. The highest BCUT2D eigenvalue weighted by Crippen LogP contribution is 2.12. The molecule has 0 aliphatic carbocycles. The summed E-state index contributed by atoms with van der Waals surface area (Å²) in [5.74, 6) is 1.07. The van der Waals surface area contributed by atoms with Gasteiger partial charge in [-0.05, 0) is 19.5 Å². The molecule has 0 aliphatic heterocycles. The maximum Gasteiger partial charge on any atom is 0.123 e. The molecule has 5 heteroatoms. The minimum atomic E-state index is 0.742. The van der Waals surface area contributed by atoms with Gasteiger partial charge in [0.25, 0.3) is 0 Å². The van der Waals surface area contributed by atoms with Gasteiger partial charge in [-0.25, -0.2) is 4.98 Å². The number of aromatic nitrogens is 4. The Bertz CT molecular complexity index is 816. The van der Waals surface area contributed by atoms with Crippen LogP contribution in [0, 0.1) is 6.92 Å². The van der Waals surface area contributed by atoms with Crippen molar-refractivity contribution in [3.63, 3.8) is 0 Å². The van der Waals surface area contributed by atoms with Crippen molar-refractivity contribution < 1.29 is 0 Å². The number of benzene rings is 1. The Morgan fingerprint density at radius 2 is 2.00 bits per heavy atom. The molecule has 0 fully saturated rings. The Hall–Kier alpha value is -2.66. The predicted molar refractivity (Wildman–Crippen MR) is 100 cm³/mol. The lowest BCUT2D eigenvalue weighted by Crippen LogP contribution is -2.20. The first-order valence-electron chi connectivity index (χ1n) is 8.52. The number of allylic oxidation sites excluding steroid dienone is 1. The van der Waals surface area contributed by atoms with E-state index >= 15 is 0 Å². The Kier molecular flexibility index (Phi) is 5.46. The molecule has 1 aromatic carbocycles.